The highest BCUT2D eigenvalue weighted by Crippen LogP contribution is 2.28. The number of rotatable bonds is 4. The van der Waals surface area contributed by atoms with Crippen LogP contribution in [0.2, 0.25) is 0 Å². The number of anilines is 1. The van der Waals surface area contributed by atoms with E-state index >= 15 is 0 Å². The second kappa shape index (κ2) is 7.01. The van der Waals surface area contributed by atoms with Crippen LogP contribution in [0, 0.1) is 0 Å². The molecule has 3 rings (SSSR count). The lowest BCUT2D eigenvalue weighted by Gasteiger charge is -2.10. The number of carbonyl (C=O) groups excluding carboxylic acids is 1. The maximum absolute atomic E-state index is 11.5. The number of benzene rings is 3. The Balaban J connectivity index is 1.95. The SMILES string of the molecule is CC(=O)Nc1ccc(-c2ccc(-c3ccccc3)cc2)cc1C(=O)O. The van der Waals surface area contributed by atoms with Crippen molar-refractivity contribution >= 4 is 17.6 Å². The van der Waals surface area contributed by atoms with Gasteiger partial charge in [-0.2, -0.15) is 0 Å². The van der Waals surface area contributed by atoms with Crippen LogP contribution in [0.25, 0.3) is 22.3 Å². The van der Waals surface area contributed by atoms with Crippen molar-refractivity contribution in [3.63, 3.8) is 0 Å². The van der Waals surface area contributed by atoms with Gasteiger partial charge < -0.3 is 10.4 Å². The Kier molecular flexibility index (Phi) is 4.61. The molecule has 0 radical (unpaired) electrons. The molecule has 0 heterocycles. The lowest BCUT2D eigenvalue weighted by Crippen LogP contribution is -2.10. The Hall–Kier alpha value is -3.40. The number of hydrogen-bond donors (Lipinski definition) is 2. The zero-order chi connectivity index (χ0) is 17.8. The van der Waals surface area contributed by atoms with E-state index in [2.05, 4.69) is 5.32 Å². The van der Waals surface area contributed by atoms with E-state index in [1.165, 1.54) is 6.92 Å². The van der Waals surface area contributed by atoms with Crippen molar-refractivity contribution in [2.75, 3.05) is 5.32 Å². The van der Waals surface area contributed by atoms with Crippen molar-refractivity contribution < 1.29 is 14.7 Å². The number of carboxylic acid groups (broad SMARTS) is 1. The summed E-state index contributed by atoms with van der Waals surface area (Å²) in [6.07, 6.45) is 0. The first kappa shape index (κ1) is 16.5. The second-order valence-corrected chi connectivity index (χ2v) is 5.69. The topological polar surface area (TPSA) is 66.4 Å². The van der Waals surface area contributed by atoms with Crippen LogP contribution in [0.4, 0.5) is 5.69 Å². The van der Waals surface area contributed by atoms with Crippen LogP contribution in [0.3, 0.4) is 0 Å². The molecule has 2 N–H and O–H groups in total. The van der Waals surface area contributed by atoms with Crippen LogP contribution in [-0.4, -0.2) is 17.0 Å². The molecule has 3 aromatic carbocycles. The molecule has 124 valence electrons. The van der Waals surface area contributed by atoms with Crippen LogP contribution >= 0.6 is 0 Å². The van der Waals surface area contributed by atoms with Gasteiger partial charge in [0.2, 0.25) is 5.91 Å². The third-order valence-corrected chi connectivity index (χ3v) is 3.89. The molecular formula is C21H17NO3. The fourth-order valence-electron chi connectivity index (χ4n) is 2.69. The average Bonchev–Trinajstić information content (AvgIpc) is 2.62. The van der Waals surface area contributed by atoms with E-state index in [1.807, 2.05) is 54.6 Å². The van der Waals surface area contributed by atoms with Crippen LogP contribution < -0.4 is 5.32 Å². The van der Waals surface area contributed by atoms with E-state index in [1.54, 1.807) is 18.2 Å². The Morgan fingerprint density at radius 3 is 1.84 bits per heavy atom. The summed E-state index contributed by atoms with van der Waals surface area (Å²) < 4.78 is 0. The van der Waals surface area contributed by atoms with Crippen LogP contribution in [0.5, 0.6) is 0 Å². The van der Waals surface area contributed by atoms with E-state index in [9.17, 15) is 14.7 Å². The van der Waals surface area contributed by atoms with Gasteiger partial charge in [0.1, 0.15) is 0 Å². The van der Waals surface area contributed by atoms with E-state index in [0.29, 0.717) is 5.69 Å². The smallest absolute Gasteiger partial charge is 0.337 e. The molecule has 0 aliphatic heterocycles. The molecule has 0 spiro atoms. The number of hydrogen-bond acceptors (Lipinski definition) is 2. The highest BCUT2D eigenvalue weighted by atomic mass is 16.4. The molecule has 4 nitrogen and oxygen atoms in total. The van der Waals surface area contributed by atoms with Gasteiger partial charge in [-0.1, -0.05) is 60.7 Å². The summed E-state index contributed by atoms with van der Waals surface area (Å²) >= 11 is 0. The molecule has 0 fully saturated rings. The summed E-state index contributed by atoms with van der Waals surface area (Å²) in [5.74, 6) is -1.38. The fraction of sp³-hybridized carbons (Fsp3) is 0.0476. The first-order chi connectivity index (χ1) is 12.0. The minimum atomic E-state index is -1.08. The van der Waals surface area contributed by atoms with E-state index in [-0.39, 0.29) is 11.5 Å². The van der Waals surface area contributed by atoms with Gasteiger partial charge in [0, 0.05) is 6.92 Å². The normalized spacial score (nSPS) is 10.3. The van der Waals surface area contributed by atoms with Crippen molar-refractivity contribution in [2.24, 2.45) is 0 Å². The molecule has 25 heavy (non-hydrogen) atoms. The van der Waals surface area contributed by atoms with Gasteiger partial charge in [-0.05, 0) is 34.4 Å². The number of amides is 1. The molecule has 0 bridgehead atoms. The molecular weight excluding hydrogens is 314 g/mol. The highest BCUT2D eigenvalue weighted by Gasteiger charge is 2.13. The van der Waals surface area contributed by atoms with Crippen molar-refractivity contribution in [3.05, 3.63) is 78.4 Å². The maximum Gasteiger partial charge on any atom is 0.337 e. The highest BCUT2D eigenvalue weighted by molar-refractivity contribution is 6.01. The predicted octanol–water partition coefficient (Wildman–Crippen LogP) is 4.68. The zero-order valence-corrected chi connectivity index (χ0v) is 13.7. The molecule has 0 aliphatic rings. The van der Waals surface area contributed by atoms with Crippen LogP contribution in [-0.2, 0) is 4.79 Å². The van der Waals surface area contributed by atoms with Gasteiger partial charge in [0.15, 0.2) is 0 Å². The van der Waals surface area contributed by atoms with Gasteiger partial charge in [0.25, 0.3) is 0 Å². The molecule has 0 saturated carbocycles. The monoisotopic (exact) mass is 331 g/mol. The van der Waals surface area contributed by atoms with Gasteiger partial charge in [0.05, 0.1) is 11.3 Å². The molecule has 3 aromatic rings. The second-order valence-electron chi connectivity index (χ2n) is 5.69. The van der Waals surface area contributed by atoms with Crippen molar-refractivity contribution in [1.29, 1.82) is 0 Å². The summed E-state index contributed by atoms with van der Waals surface area (Å²) in [4.78, 5) is 22.7. The van der Waals surface area contributed by atoms with Crippen molar-refractivity contribution in [3.8, 4) is 22.3 Å². The molecule has 0 aliphatic carbocycles. The maximum atomic E-state index is 11.5. The van der Waals surface area contributed by atoms with Crippen LogP contribution in [0.15, 0.2) is 72.8 Å². The minimum Gasteiger partial charge on any atom is -0.478 e. The number of nitrogens with one attached hydrogen (secondary N) is 1. The molecule has 0 saturated heterocycles. The lowest BCUT2D eigenvalue weighted by molar-refractivity contribution is -0.114. The standard InChI is InChI=1S/C21H17NO3/c1-14(23)22-20-12-11-18(13-19(20)21(24)25)17-9-7-16(8-10-17)15-5-3-2-4-6-15/h2-13H,1H3,(H,22,23)(H,24,25). The average molecular weight is 331 g/mol. The zero-order valence-electron chi connectivity index (χ0n) is 13.7. The van der Waals surface area contributed by atoms with Gasteiger partial charge in [-0.25, -0.2) is 4.79 Å². The molecule has 0 unspecified atom stereocenters. The summed E-state index contributed by atoms with van der Waals surface area (Å²) in [7, 11) is 0. The summed E-state index contributed by atoms with van der Waals surface area (Å²) in [6.45, 7) is 1.35. The van der Waals surface area contributed by atoms with E-state index in [4.69, 9.17) is 0 Å². The van der Waals surface area contributed by atoms with E-state index in [0.717, 1.165) is 22.3 Å². The summed E-state index contributed by atoms with van der Waals surface area (Å²) in [5, 5.41) is 11.9. The third kappa shape index (κ3) is 3.75. The number of carboxylic acids is 1. The largest absolute Gasteiger partial charge is 0.478 e. The minimum absolute atomic E-state index is 0.0693. The lowest BCUT2D eigenvalue weighted by atomic mass is 9.98. The quantitative estimate of drug-likeness (QED) is 0.729. The Morgan fingerprint density at radius 1 is 0.760 bits per heavy atom. The predicted molar refractivity (Wildman–Crippen MR) is 98.6 cm³/mol. The summed E-state index contributed by atoms with van der Waals surface area (Å²) in [6, 6.07) is 23.0. The third-order valence-electron chi connectivity index (χ3n) is 3.89. The molecule has 0 aromatic heterocycles. The summed E-state index contributed by atoms with van der Waals surface area (Å²) in [5.41, 5.74) is 4.28. The first-order valence-electron chi connectivity index (χ1n) is 7.85. The van der Waals surface area contributed by atoms with Crippen LogP contribution in [0.1, 0.15) is 17.3 Å². The fourth-order valence-corrected chi connectivity index (χ4v) is 2.69. The number of carbonyl (C=O) groups is 2. The van der Waals surface area contributed by atoms with Gasteiger partial charge >= 0.3 is 5.97 Å². The Morgan fingerprint density at radius 2 is 1.28 bits per heavy atom. The van der Waals surface area contributed by atoms with Crippen molar-refractivity contribution in [1.82, 2.24) is 0 Å². The Bertz CT molecular complexity index is 916. The molecule has 4 heteroatoms. The molecule has 0 atom stereocenters. The number of aromatic carboxylic acids is 1. The molecule has 1 amide bonds. The Labute approximate surface area is 145 Å². The first-order valence-corrected chi connectivity index (χ1v) is 7.85. The van der Waals surface area contributed by atoms with Gasteiger partial charge in [-0.3, -0.25) is 4.79 Å². The van der Waals surface area contributed by atoms with Gasteiger partial charge in [-0.15, -0.1) is 0 Å². The van der Waals surface area contributed by atoms with E-state index < -0.39 is 5.97 Å². The van der Waals surface area contributed by atoms with Crippen molar-refractivity contribution in [2.45, 2.75) is 6.92 Å².